The van der Waals surface area contributed by atoms with Crippen molar-refractivity contribution >= 4 is 41.1 Å². The summed E-state index contributed by atoms with van der Waals surface area (Å²) in [5, 5.41) is 11.4. The van der Waals surface area contributed by atoms with Gasteiger partial charge >= 0.3 is 0 Å². The van der Waals surface area contributed by atoms with Crippen LogP contribution in [0.15, 0.2) is 17.3 Å². The van der Waals surface area contributed by atoms with Gasteiger partial charge in [0.15, 0.2) is 0 Å². The summed E-state index contributed by atoms with van der Waals surface area (Å²) in [7, 11) is 0. The van der Waals surface area contributed by atoms with Gasteiger partial charge in [-0.3, -0.25) is 0 Å². The van der Waals surface area contributed by atoms with E-state index in [0.29, 0.717) is 4.58 Å². The summed E-state index contributed by atoms with van der Waals surface area (Å²) in [5.41, 5.74) is 0. The summed E-state index contributed by atoms with van der Waals surface area (Å²) >= 11 is 5.69. The molecular formula is C8H9NOS3. The van der Waals surface area contributed by atoms with Crippen LogP contribution in [0.2, 0.25) is 0 Å². The third kappa shape index (κ3) is 2.21. The minimum absolute atomic E-state index is 0.603. The third-order valence-corrected chi connectivity index (χ3v) is 6.14. The Morgan fingerprint density at radius 1 is 1.38 bits per heavy atom. The van der Waals surface area contributed by atoms with Gasteiger partial charge in [0.25, 0.3) is 0 Å². The number of hydrogen-bond donors (Lipinski definition) is 1. The van der Waals surface area contributed by atoms with Gasteiger partial charge in [-0.15, -0.1) is 34.9 Å². The molecule has 1 aliphatic heterocycles. The average molecular weight is 231 g/mol. The molecule has 5 heteroatoms. The van der Waals surface area contributed by atoms with E-state index in [2.05, 4.69) is 11.2 Å². The van der Waals surface area contributed by atoms with E-state index in [4.69, 9.17) is 5.21 Å². The lowest BCUT2D eigenvalue weighted by atomic mass is 10.4. The fraction of sp³-hybridized carbons (Fsp3) is 0.375. The SMILES string of the molecule is O/N=C/c1ccc(C2SCCS2)s1. The van der Waals surface area contributed by atoms with E-state index >= 15 is 0 Å². The van der Waals surface area contributed by atoms with Crippen LogP contribution in [0.1, 0.15) is 14.3 Å². The second-order valence-electron chi connectivity index (χ2n) is 2.56. The summed E-state index contributed by atoms with van der Waals surface area (Å²) in [6.07, 6.45) is 1.48. The molecule has 2 heterocycles. The van der Waals surface area contributed by atoms with Gasteiger partial charge in [0.2, 0.25) is 0 Å². The maximum Gasteiger partial charge on any atom is 0.0844 e. The standard InChI is InChI=1S/C8H9NOS3/c10-9-5-6-1-2-7(13-6)8-11-3-4-12-8/h1-2,5,8,10H,3-4H2/b9-5+. The van der Waals surface area contributed by atoms with Crippen molar-refractivity contribution in [2.75, 3.05) is 11.5 Å². The fourth-order valence-corrected chi connectivity index (χ4v) is 5.23. The smallest absolute Gasteiger partial charge is 0.0844 e. The first kappa shape index (κ1) is 9.43. The number of hydrogen-bond acceptors (Lipinski definition) is 5. The Hall–Kier alpha value is -0.130. The minimum atomic E-state index is 0.603. The highest BCUT2D eigenvalue weighted by Gasteiger charge is 2.19. The molecule has 0 amide bonds. The van der Waals surface area contributed by atoms with Crippen LogP contribution in [-0.4, -0.2) is 22.9 Å². The van der Waals surface area contributed by atoms with E-state index in [1.54, 1.807) is 11.3 Å². The van der Waals surface area contributed by atoms with Crippen molar-refractivity contribution in [3.8, 4) is 0 Å². The summed E-state index contributed by atoms with van der Waals surface area (Å²) < 4.78 is 0.603. The van der Waals surface area contributed by atoms with Crippen molar-refractivity contribution in [2.45, 2.75) is 4.58 Å². The topological polar surface area (TPSA) is 32.6 Å². The Bertz CT molecular complexity index is 304. The summed E-state index contributed by atoms with van der Waals surface area (Å²) in [6.45, 7) is 0. The average Bonchev–Trinajstić information content (AvgIpc) is 2.70. The van der Waals surface area contributed by atoms with Crippen molar-refractivity contribution in [1.29, 1.82) is 0 Å². The largest absolute Gasteiger partial charge is 0.411 e. The molecule has 70 valence electrons. The van der Waals surface area contributed by atoms with Crippen LogP contribution in [0.5, 0.6) is 0 Å². The molecule has 0 saturated carbocycles. The van der Waals surface area contributed by atoms with Gasteiger partial charge in [-0.1, -0.05) is 5.16 Å². The fourth-order valence-electron chi connectivity index (χ4n) is 1.14. The number of rotatable bonds is 2. The second kappa shape index (κ2) is 4.39. The minimum Gasteiger partial charge on any atom is -0.411 e. The van der Waals surface area contributed by atoms with Gasteiger partial charge in [0, 0.05) is 21.3 Å². The molecule has 2 rings (SSSR count). The molecule has 1 saturated heterocycles. The number of thiophene rings is 1. The number of thioether (sulfide) groups is 2. The predicted octanol–water partition coefficient (Wildman–Crippen LogP) is 3.03. The number of oxime groups is 1. The normalized spacial score (nSPS) is 18.8. The molecule has 0 radical (unpaired) electrons. The van der Waals surface area contributed by atoms with Gasteiger partial charge in [-0.05, 0) is 12.1 Å². The van der Waals surface area contributed by atoms with Crippen molar-refractivity contribution in [2.24, 2.45) is 5.16 Å². The molecule has 1 aliphatic rings. The lowest BCUT2D eigenvalue weighted by molar-refractivity contribution is 0.322. The van der Waals surface area contributed by atoms with Crippen LogP contribution < -0.4 is 0 Å². The van der Waals surface area contributed by atoms with E-state index in [0.717, 1.165) is 4.88 Å². The molecule has 1 N–H and O–H groups in total. The van der Waals surface area contributed by atoms with Gasteiger partial charge in [0.1, 0.15) is 0 Å². The Balaban J connectivity index is 2.12. The lowest BCUT2D eigenvalue weighted by Crippen LogP contribution is -1.75. The molecule has 0 spiro atoms. The molecule has 0 unspecified atom stereocenters. The van der Waals surface area contributed by atoms with Crippen LogP contribution in [0.4, 0.5) is 0 Å². The molecule has 0 atom stereocenters. The summed E-state index contributed by atoms with van der Waals surface area (Å²) in [6, 6.07) is 4.12. The van der Waals surface area contributed by atoms with Gasteiger partial charge in [-0.2, -0.15) is 0 Å². The zero-order chi connectivity index (χ0) is 9.10. The van der Waals surface area contributed by atoms with Crippen LogP contribution in [0, 0.1) is 0 Å². The van der Waals surface area contributed by atoms with Gasteiger partial charge < -0.3 is 5.21 Å². The maximum absolute atomic E-state index is 8.36. The monoisotopic (exact) mass is 231 g/mol. The lowest BCUT2D eigenvalue weighted by Gasteiger charge is -2.02. The molecule has 0 bridgehead atoms. The highest BCUT2D eigenvalue weighted by atomic mass is 32.2. The molecule has 1 aromatic rings. The highest BCUT2D eigenvalue weighted by molar-refractivity contribution is 8.19. The predicted molar refractivity (Wildman–Crippen MR) is 61.4 cm³/mol. The van der Waals surface area contributed by atoms with Crippen LogP contribution in [-0.2, 0) is 0 Å². The van der Waals surface area contributed by atoms with E-state index < -0.39 is 0 Å². The van der Waals surface area contributed by atoms with Crippen LogP contribution >= 0.6 is 34.9 Å². The Kier molecular flexibility index (Phi) is 3.18. The van der Waals surface area contributed by atoms with E-state index in [1.165, 1.54) is 22.6 Å². The maximum atomic E-state index is 8.36. The zero-order valence-corrected chi connectivity index (χ0v) is 9.29. The van der Waals surface area contributed by atoms with E-state index in [9.17, 15) is 0 Å². The van der Waals surface area contributed by atoms with Crippen LogP contribution in [0.25, 0.3) is 0 Å². The van der Waals surface area contributed by atoms with E-state index in [1.807, 2.05) is 29.6 Å². The second-order valence-corrected chi connectivity index (χ2v) is 6.43. The van der Waals surface area contributed by atoms with E-state index in [-0.39, 0.29) is 0 Å². The molecular weight excluding hydrogens is 222 g/mol. The highest BCUT2D eigenvalue weighted by Crippen LogP contribution is 2.47. The summed E-state index contributed by atoms with van der Waals surface area (Å²) in [5.74, 6) is 2.49. The van der Waals surface area contributed by atoms with Crippen molar-refractivity contribution < 1.29 is 5.21 Å². The molecule has 13 heavy (non-hydrogen) atoms. The quantitative estimate of drug-likeness (QED) is 0.482. The van der Waals surface area contributed by atoms with Crippen molar-refractivity contribution in [3.63, 3.8) is 0 Å². The first-order valence-corrected chi connectivity index (χ1v) is 6.82. The first-order valence-electron chi connectivity index (χ1n) is 3.90. The third-order valence-electron chi connectivity index (χ3n) is 1.69. The van der Waals surface area contributed by atoms with Gasteiger partial charge in [-0.25, -0.2) is 0 Å². The Labute approximate surface area is 89.4 Å². The zero-order valence-electron chi connectivity index (χ0n) is 6.84. The summed E-state index contributed by atoms with van der Waals surface area (Å²) in [4.78, 5) is 2.40. The molecule has 0 aliphatic carbocycles. The molecule has 2 nitrogen and oxygen atoms in total. The Morgan fingerprint density at radius 3 is 2.85 bits per heavy atom. The van der Waals surface area contributed by atoms with Gasteiger partial charge in [0.05, 0.1) is 10.8 Å². The number of nitrogens with zero attached hydrogens (tertiary/aromatic N) is 1. The van der Waals surface area contributed by atoms with Crippen molar-refractivity contribution in [3.05, 3.63) is 21.9 Å². The van der Waals surface area contributed by atoms with Crippen molar-refractivity contribution in [1.82, 2.24) is 0 Å². The molecule has 0 aromatic carbocycles. The Morgan fingerprint density at radius 2 is 2.15 bits per heavy atom. The first-order chi connectivity index (χ1) is 6.40. The molecule has 1 fully saturated rings. The van der Waals surface area contributed by atoms with Crippen LogP contribution in [0.3, 0.4) is 0 Å². The molecule has 1 aromatic heterocycles.